The molecular weight excluding hydrogens is 364 g/mol. The first-order valence-electron chi connectivity index (χ1n) is 9.93. The quantitative estimate of drug-likeness (QED) is 0.490. The van der Waals surface area contributed by atoms with Crippen molar-refractivity contribution in [3.8, 4) is 0 Å². The smallest absolute Gasteiger partial charge is 0.267 e. The molecule has 1 N–H and O–H groups in total. The van der Waals surface area contributed by atoms with Gasteiger partial charge in [-0.15, -0.1) is 0 Å². The predicted molar refractivity (Wildman–Crippen MR) is 116 cm³/mol. The van der Waals surface area contributed by atoms with Crippen LogP contribution >= 0.6 is 0 Å². The molecule has 3 rings (SSSR count). The van der Waals surface area contributed by atoms with Gasteiger partial charge in [-0.25, -0.2) is 10.1 Å². The van der Waals surface area contributed by atoms with Crippen molar-refractivity contribution in [1.29, 1.82) is 0 Å². The summed E-state index contributed by atoms with van der Waals surface area (Å²) in [6.45, 7) is 6.63. The number of benzene rings is 2. The first kappa shape index (κ1) is 20.5. The lowest BCUT2D eigenvalue weighted by molar-refractivity contribution is 0.0949. The van der Waals surface area contributed by atoms with Crippen LogP contribution in [-0.2, 0) is 6.54 Å². The van der Waals surface area contributed by atoms with E-state index in [1.807, 2.05) is 37.3 Å². The summed E-state index contributed by atoms with van der Waals surface area (Å²) in [4.78, 5) is 25.6. The van der Waals surface area contributed by atoms with Crippen LogP contribution in [0.15, 0.2) is 64.5 Å². The second-order valence-electron chi connectivity index (χ2n) is 7.39. The van der Waals surface area contributed by atoms with E-state index >= 15 is 0 Å². The van der Waals surface area contributed by atoms with Gasteiger partial charge in [0.25, 0.3) is 11.5 Å². The van der Waals surface area contributed by atoms with Crippen LogP contribution in [0.5, 0.6) is 0 Å². The summed E-state index contributed by atoms with van der Waals surface area (Å²) >= 11 is 0. The fourth-order valence-corrected chi connectivity index (χ4v) is 3.18. The number of nitrogens with zero attached hydrogens (tertiary/aromatic N) is 3. The van der Waals surface area contributed by atoms with Crippen LogP contribution in [0.1, 0.15) is 49.7 Å². The van der Waals surface area contributed by atoms with Crippen LogP contribution in [-0.4, -0.2) is 21.4 Å². The molecule has 0 aliphatic rings. The number of hydrogen-bond acceptors (Lipinski definition) is 4. The first-order chi connectivity index (χ1) is 14.0. The van der Waals surface area contributed by atoms with Crippen molar-refractivity contribution in [2.45, 2.75) is 40.2 Å². The summed E-state index contributed by atoms with van der Waals surface area (Å²) in [5.41, 5.74) is 4.44. The minimum atomic E-state index is -0.428. The minimum Gasteiger partial charge on any atom is -0.267 e. The summed E-state index contributed by atoms with van der Waals surface area (Å²) in [5, 5.41) is 9.74. The van der Waals surface area contributed by atoms with Crippen molar-refractivity contribution in [2.75, 3.05) is 0 Å². The number of nitrogens with one attached hydrogen (secondary N) is 1. The fraction of sp³-hybridized carbons (Fsp3) is 0.304. The van der Waals surface area contributed by atoms with Crippen LogP contribution in [0.4, 0.5) is 0 Å². The SMILES string of the molecule is CCCn1nc(C(=O)N/N=C(\CC(C)C)c2ccccc2)c2ccccc2c1=O. The summed E-state index contributed by atoms with van der Waals surface area (Å²) in [6, 6.07) is 16.8. The Morgan fingerprint density at radius 2 is 1.72 bits per heavy atom. The molecule has 0 radical (unpaired) electrons. The highest BCUT2D eigenvalue weighted by Crippen LogP contribution is 2.14. The van der Waals surface area contributed by atoms with Crippen LogP contribution in [0.2, 0.25) is 0 Å². The number of aromatic nitrogens is 2. The van der Waals surface area contributed by atoms with E-state index in [1.54, 1.807) is 24.3 Å². The van der Waals surface area contributed by atoms with Gasteiger partial charge in [0.1, 0.15) is 0 Å². The molecule has 0 unspecified atom stereocenters. The molecular formula is C23H26N4O2. The number of hydrogen-bond donors (Lipinski definition) is 1. The Morgan fingerprint density at radius 1 is 1.07 bits per heavy atom. The summed E-state index contributed by atoms with van der Waals surface area (Å²) in [6.07, 6.45) is 1.48. The molecule has 3 aromatic rings. The van der Waals surface area contributed by atoms with E-state index in [4.69, 9.17) is 0 Å². The Hall–Kier alpha value is -3.28. The number of carbonyl (C=O) groups excluding carboxylic acids is 1. The highest BCUT2D eigenvalue weighted by atomic mass is 16.2. The zero-order chi connectivity index (χ0) is 20.8. The summed E-state index contributed by atoms with van der Waals surface area (Å²) < 4.78 is 1.35. The van der Waals surface area contributed by atoms with E-state index in [1.165, 1.54) is 4.68 Å². The topological polar surface area (TPSA) is 76.3 Å². The van der Waals surface area contributed by atoms with Crippen LogP contribution in [0, 0.1) is 5.92 Å². The van der Waals surface area contributed by atoms with E-state index in [9.17, 15) is 9.59 Å². The molecule has 6 nitrogen and oxygen atoms in total. The molecule has 1 heterocycles. The molecule has 6 heteroatoms. The molecule has 2 aromatic carbocycles. The van der Waals surface area contributed by atoms with E-state index in [0.29, 0.717) is 23.2 Å². The Balaban J connectivity index is 1.99. The lowest BCUT2D eigenvalue weighted by Gasteiger charge is -2.11. The Labute approximate surface area is 170 Å². The monoisotopic (exact) mass is 390 g/mol. The van der Waals surface area contributed by atoms with Crippen molar-refractivity contribution >= 4 is 22.4 Å². The first-order valence-corrected chi connectivity index (χ1v) is 9.93. The molecule has 150 valence electrons. The van der Waals surface area contributed by atoms with E-state index in [2.05, 4.69) is 29.5 Å². The van der Waals surface area contributed by atoms with E-state index < -0.39 is 5.91 Å². The third-order valence-electron chi connectivity index (χ3n) is 4.52. The van der Waals surface area contributed by atoms with Gasteiger partial charge in [0.2, 0.25) is 0 Å². The van der Waals surface area contributed by atoms with Crippen molar-refractivity contribution in [1.82, 2.24) is 15.2 Å². The number of fused-ring (bicyclic) bond motifs is 1. The molecule has 0 atom stereocenters. The molecule has 0 saturated carbocycles. The van der Waals surface area contributed by atoms with Gasteiger partial charge in [-0.05, 0) is 30.4 Å². The highest BCUT2D eigenvalue weighted by Gasteiger charge is 2.17. The second kappa shape index (κ2) is 9.28. The highest BCUT2D eigenvalue weighted by molar-refractivity contribution is 6.06. The third kappa shape index (κ3) is 4.77. The zero-order valence-corrected chi connectivity index (χ0v) is 17.1. The average molecular weight is 390 g/mol. The summed E-state index contributed by atoms with van der Waals surface area (Å²) in [7, 11) is 0. The average Bonchev–Trinajstić information content (AvgIpc) is 2.73. The molecule has 29 heavy (non-hydrogen) atoms. The van der Waals surface area contributed by atoms with Gasteiger partial charge in [0.05, 0.1) is 11.1 Å². The van der Waals surface area contributed by atoms with Gasteiger partial charge in [-0.2, -0.15) is 10.2 Å². The molecule has 0 saturated heterocycles. The lowest BCUT2D eigenvalue weighted by atomic mass is 10.0. The maximum atomic E-state index is 13.0. The largest absolute Gasteiger partial charge is 0.292 e. The molecule has 1 amide bonds. The number of rotatable bonds is 7. The third-order valence-corrected chi connectivity index (χ3v) is 4.52. The zero-order valence-electron chi connectivity index (χ0n) is 17.1. The Morgan fingerprint density at radius 3 is 2.38 bits per heavy atom. The molecule has 0 spiro atoms. The van der Waals surface area contributed by atoms with Crippen LogP contribution < -0.4 is 11.0 Å². The maximum absolute atomic E-state index is 13.0. The standard InChI is InChI=1S/C23H26N4O2/c1-4-14-27-23(29)19-13-9-8-12-18(19)21(26-27)22(28)25-24-20(15-16(2)3)17-10-6-5-7-11-17/h5-13,16H,4,14-15H2,1-3H3,(H,25,28)/b24-20+. The molecule has 0 fully saturated rings. The van der Waals surface area contributed by atoms with Gasteiger partial charge in [-0.3, -0.25) is 9.59 Å². The normalized spacial score (nSPS) is 11.8. The van der Waals surface area contributed by atoms with Gasteiger partial charge in [0, 0.05) is 11.9 Å². The van der Waals surface area contributed by atoms with Gasteiger partial charge < -0.3 is 0 Å². The van der Waals surface area contributed by atoms with Crippen LogP contribution in [0.3, 0.4) is 0 Å². The second-order valence-corrected chi connectivity index (χ2v) is 7.39. The Bertz CT molecular complexity index is 1080. The van der Waals surface area contributed by atoms with Crippen molar-refractivity contribution < 1.29 is 4.79 Å². The number of aryl methyl sites for hydroxylation is 1. The minimum absolute atomic E-state index is 0.188. The molecule has 0 bridgehead atoms. The predicted octanol–water partition coefficient (Wildman–Crippen LogP) is 3.99. The fourth-order valence-electron chi connectivity index (χ4n) is 3.18. The van der Waals surface area contributed by atoms with Crippen molar-refractivity contribution in [3.05, 3.63) is 76.2 Å². The maximum Gasteiger partial charge on any atom is 0.292 e. The van der Waals surface area contributed by atoms with E-state index in [-0.39, 0.29) is 11.3 Å². The van der Waals surface area contributed by atoms with Gasteiger partial charge >= 0.3 is 0 Å². The lowest BCUT2D eigenvalue weighted by Crippen LogP contribution is -2.29. The number of amides is 1. The number of carbonyl (C=O) groups is 1. The molecule has 0 aliphatic carbocycles. The van der Waals surface area contributed by atoms with Crippen molar-refractivity contribution in [3.63, 3.8) is 0 Å². The van der Waals surface area contributed by atoms with Crippen LogP contribution in [0.25, 0.3) is 10.8 Å². The number of hydrazone groups is 1. The summed E-state index contributed by atoms with van der Waals surface area (Å²) in [5.74, 6) is -0.0421. The Kier molecular flexibility index (Phi) is 6.54. The van der Waals surface area contributed by atoms with Gasteiger partial charge in [0.15, 0.2) is 5.69 Å². The van der Waals surface area contributed by atoms with E-state index in [0.717, 1.165) is 24.1 Å². The molecule has 0 aliphatic heterocycles. The molecule has 1 aromatic heterocycles. The van der Waals surface area contributed by atoms with Crippen molar-refractivity contribution in [2.24, 2.45) is 11.0 Å². The van der Waals surface area contributed by atoms with Gasteiger partial charge in [-0.1, -0.05) is 69.3 Å².